The number of carbonyl (C=O) groups is 1. The summed E-state index contributed by atoms with van der Waals surface area (Å²) in [5, 5.41) is 0. The molecule has 0 spiro atoms. The molecule has 0 atom stereocenters. The van der Waals surface area contributed by atoms with Crippen molar-refractivity contribution in [3.63, 3.8) is 0 Å². The van der Waals surface area contributed by atoms with Crippen LogP contribution in [0.15, 0.2) is 54.6 Å². The second-order valence-corrected chi connectivity index (χ2v) is 6.97. The van der Waals surface area contributed by atoms with E-state index >= 15 is 0 Å². The van der Waals surface area contributed by atoms with Crippen molar-refractivity contribution in [3.05, 3.63) is 60.2 Å². The number of esters is 1. The van der Waals surface area contributed by atoms with Gasteiger partial charge in [-0.15, -0.1) is 0 Å². The lowest BCUT2D eigenvalue weighted by atomic mass is 10.0. The summed E-state index contributed by atoms with van der Waals surface area (Å²) in [5.74, 6) is 0.554. The Hall–Kier alpha value is -2.59. The molecule has 2 aromatic rings. The minimum Gasteiger partial charge on any atom is -0.494 e. The summed E-state index contributed by atoms with van der Waals surface area (Å²) < 4.78 is 15.5. The van der Waals surface area contributed by atoms with Gasteiger partial charge in [0.25, 0.3) is 0 Å². The van der Waals surface area contributed by atoms with Gasteiger partial charge in [0.05, 0.1) is 13.7 Å². The largest absolute Gasteiger partial charge is 0.494 e. The van der Waals surface area contributed by atoms with Gasteiger partial charge in [-0.05, 0) is 47.7 Å². The average molecular weight is 397 g/mol. The van der Waals surface area contributed by atoms with Gasteiger partial charge in [0, 0.05) is 19.8 Å². The van der Waals surface area contributed by atoms with Gasteiger partial charge in [0.2, 0.25) is 0 Å². The molecule has 0 radical (unpaired) electrons. The molecule has 4 heteroatoms. The molecule has 0 saturated carbocycles. The number of carbonyl (C=O) groups excluding carboxylic acids is 1. The molecule has 0 N–H and O–H groups in total. The van der Waals surface area contributed by atoms with Crippen LogP contribution in [0.5, 0.6) is 5.75 Å². The van der Waals surface area contributed by atoms with Crippen LogP contribution < -0.4 is 4.74 Å². The summed E-state index contributed by atoms with van der Waals surface area (Å²) in [6, 6.07) is 16.2. The zero-order valence-electron chi connectivity index (χ0n) is 17.6. The highest BCUT2D eigenvalue weighted by Crippen LogP contribution is 2.23. The number of unbranched alkanes of at least 4 members (excludes halogenated alkanes) is 5. The fraction of sp³-hybridized carbons (Fsp3) is 0.400. The molecule has 0 fully saturated rings. The van der Waals surface area contributed by atoms with E-state index in [0.717, 1.165) is 48.5 Å². The summed E-state index contributed by atoms with van der Waals surface area (Å²) in [6.45, 7) is 1.63. The highest BCUT2D eigenvalue weighted by Gasteiger charge is 2.00. The molecule has 156 valence electrons. The Labute approximate surface area is 174 Å². The molecule has 0 bridgehead atoms. The van der Waals surface area contributed by atoms with Crippen molar-refractivity contribution in [2.24, 2.45) is 0 Å². The average Bonchev–Trinajstić information content (AvgIpc) is 2.77. The molecule has 2 rings (SSSR count). The highest BCUT2D eigenvalue weighted by atomic mass is 16.5. The summed E-state index contributed by atoms with van der Waals surface area (Å²) in [7, 11) is 3.13. The smallest absolute Gasteiger partial charge is 0.330 e. The number of methoxy groups -OCH3 is 2. The molecule has 0 heterocycles. The quantitative estimate of drug-likeness (QED) is 0.240. The Kier molecular flexibility index (Phi) is 10.6. The Balaban J connectivity index is 1.71. The van der Waals surface area contributed by atoms with Crippen LogP contribution >= 0.6 is 0 Å². The van der Waals surface area contributed by atoms with Gasteiger partial charge in [-0.2, -0.15) is 0 Å². The lowest BCUT2D eigenvalue weighted by Gasteiger charge is -2.08. The second-order valence-electron chi connectivity index (χ2n) is 6.97. The molecule has 0 unspecified atom stereocenters. The first-order valence-corrected chi connectivity index (χ1v) is 10.3. The van der Waals surface area contributed by atoms with E-state index in [-0.39, 0.29) is 5.97 Å². The predicted octanol–water partition coefficient (Wildman–Crippen LogP) is 5.91. The van der Waals surface area contributed by atoms with Crippen LogP contribution in [0.25, 0.3) is 17.2 Å². The zero-order chi connectivity index (χ0) is 20.7. The van der Waals surface area contributed by atoms with Crippen molar-refractivity contribution in [3.8, 4) is 16.9 Å². The molecule has 0 amide bonds. The van der Waals surface area contributed by atoms with Crippen molar-refractivity contribution < 1.29 is 19.0 Å². The van der Waals surface area contributed by atoms with Gasteiger partial charge >= 0.3 is 5.97 Å². The third-order valence-electron chi connectivity index (χ3n) is 4.72. The van der Waals surface area contributed by atoms with E-state index in [1.165, 1.54) is 38.9 Å². The maximum Gasteiger partial charge on any atom is 0.330 e. The number of ether oxygens (including phenoxy) is 3. The Bertz CT molecular complexity index is 732. The topological polar surface area (TPSA) is 44.8 Å². The minimum atomic E-state index is -0.355. The first-order chi connectivity index (χ1) is 14.2. The first-order valence-electron chi connectivity index (χ1n) is 10.3. The first kappa shape index (κ1) is 22.7. The van der Waals surface area contributed by atoms with Gasteiger partial charge in [-0.3, -0.25) is 0 Å². The lowest BCUT2D eigenvalue weighted by molar-refractivity contribution is -0.134. The molecule has 4 nitrogen and oxygen atoms in total. The van der Waals surface area contributed by atoms with Crippen LogP contribution in [0, 0.1) is 0 Å². The summed E-state index contributed by atoms with van der Waals surface area (Å²) in [4.78, 5) is 11.2. The molecule has 0 aliphatic carbocycles. The molecular weight excluding hydrogens is 364 g/mol. The molecule has 2 aromatic carbocycles. The van der Waals surface area contributed by atoms with Crippen molar-refractivity contribution >= 4 is 12.0 Å². The van der Waals surface area contributed by atoms with E-state index in [9.17, 15) is 4.79 Å². The zero-order valence-corrected chi connectivity index (χ0v) is 17.6. The lowest BCUT2D eigenvalue weighted by Crippen LogP contribution is -1.97. The molecule has 0 aliphatic rings. The molecule has 29 heavy (non-hydrogen) atoms. The van der Waals surface area contributed by atoms with E-state index in [1.807, 2.05) is 36.4 Å². The number of hydrogen-bond acceptors (Lipinski definition) is 4. The van der Waals surface area contributed by atoms with Gasteiger partial charge < -0.3 is 14.2 Å². The standard InChI is InChI=1S/C25H32O4/c1-27-19-7-5-3-4-6-8-20-29-24-16-14-23(15-17-24)22-12-9-21(10-13-22)11-18-25(26)28-2/h9-18H,3-8,19-20H2,1-2H3. The summed E-state index contributed by atoms with van der Waals surface area (Å²) in [5.41, 5.74) is 3.22. The second kappa shape index (κ2) is 13.6. The van der Waals surface area contributed by atoms with E-state index in [1.54, 1.807) is 13.2 Å². The third kappa shape index (κ3) is 8.97. The Morgan fingerprint density at radius 1 is 0.759 bits per heavy atom. The summed E-state index contributed by atoms with van der Waals surface area (Å²) in [6.07, 6.45) is 10.4. The third-order valence-corrected chi connectivity index (χ3v) is 4.72. The van der Waals surface area contributed by atoms with Gasteiger partial charge in [0.15, 0.2) is 0 Å². The normalized spacial score (nSPS) is 11.0. The monoisotopic (exact) mass is 396 g/mol. The van der Waals surface area contributed by atoms with Gasteiger partial charge in [-0.25, -0.2) is 4.79 Å². The van der Waals surface area contributed by atoms with Crippen LogP contribution in [0.3, 0.4) is 0 Å². The van der Waals surface area contributed by atoms with Gasteiger partial charge in [0.1, 0.15) is 5.75 Å². The fourth-order valence-corrected chi connectivity index (χ4v) is 3.01. The van der Waals surface area contributed by atoms with Crippen molar-refractivity contribution in [2.75, 3.05) is 27.4 Å². The van der Waals surface area contributed by atoms with Crippen LogP contribution in [-0.4, -0.2) is 33.4 Å². The maximum absolute atomic E-state index is 11.2. The van der Waals surface area contributed by atoms with Crippen molar-refractivity contribution in [1.82, 2.24) is 0 Å². The fourth-order valence-electron chi connectivity index (χ4n) is 3.01. The minimum absolute atomic E-state index is 0.355. The number of rotatable bonds is 13. The Morgan fingerprint density at radius 2 is 1.31 bits per heavy atom. The molecular formula is C25H32O4. The van der Waals surface area contributed by atoms with Crippen LogP contribution in [0.4, 0.5) is 0 Å². The van der Waals surface area contributed by atoms with Crippen LogP contribution in [-0.2, 0) is 14.3 Å². The molecule has 0 aromatic heterocycles. The summed E-state index contributed by atoms with van der Waals surface area (Å²) >= 11 is 0. The van der Waals surface area contributed by atoms with Crippen molar-refractivity contribution in [1.29, 1.82) is 0 Å². The SMILES string of the molecule is COCCCCCCCCOc1ccc(-c2ccc(C=CC(=O)OC)cc2)cc1. The molecule has 0 saturated heterocycles. The Morgan fingerprint density at radius 3 is 1.90 bits per heavy atom. The van der Waals surface area contributed by atoms with E-state index in [4.69, 9.17) is 9.47 Å². The van der Waals surface area contributed by atoms with Crippen molar-refractivity contribution in [2.45, 2.75) is 38.5 Å². The molecule has 0 aliphatic heterocycles. The predicted molar refractivity (Wildman–Crippen MR) is 118 cm³/mol. The van der Waals surface area contributed by atoms with E-state index < -0.39 is 0 Å². The van der Waals surface area contributed by atoms with Crippen LogP contribution in [0.1, 0.15) is 44.1 Å². The highest BCUT2D eigenvalue weighted by molar-refractivity contribution is 5.87. The maximum atomic E-state index is 11.2. The number of hydrogen-bond donors (Lipinski definition) is 0. The van der Waals surface area contributed by atoms with Crippen LogP contribution in [0.2, 0.25) is 0 Å². The van der Waals surface area contributed by atoms with Gasteiger partial charge in [-0.1, -0.05) is 62.1 Å². The van der Waals surface area contributed by atoms with E-state index in [2.05, 4.69) is 16.9 Å². The number of benzene rings is 2. The van der Waals surface area contributed by atoms with E-state index in [0.29, 0.717) is 0 Å².